The summed E-state index contributed by atoms with van der Waals surface area (Å²) in [6.07, 6.45) is 5.23. The predicted octanol–water partition coefficient (Wildman–Crippen LogP) is 4.93. The number of hydrogen-bond donors (Lipinski definition) is 3. The van der Waals surface area contributed by atoms with Gasteiger partial charge in [-0.3, -0.25) is 9.89 Å². The third kappa shape index (κ3) is 9.90. The molecule has 1 saturated heterocycles. The van der Waals surface area contributed by atoms with Crippen molar-refractivity contribution in [3.63, 3.8) is 0 Å². The van der Waals surface area contributed by atoms with E-state index in [9.17, 15) is 5.11 Å². The average molecular weight is 571 g/mol. The number of aliphatic hydroxyl groups is 1. The second-order valence-electron chi connectivity index (χ2n) is 7.83. The molecule has 1 fully saturated rings. The summed E-state index contributed by atoms with van der Waals surface area (Å²) in [7, 11) is 0. The van der Waals surface area contributed by atoms with Crippen LogP contribution in [0.4, 0.5) is 0 Å². The van der Waals surface area contributed by atoms with Gasteiger partial charge in [-0.05, 0) is 56.2 Å². The fraction of sp³-hybridized carbons (Fsp3) is 0.682. The number of aliphatic hydroxyl groups excluding tert-OH is 1. The van der Waals surface area contributed by atoms with Gasteiger partial charge in [-0.2, -0.15) is 0 Å². The van der Waals surface area contributed by atoms with Crippen molar-refractivity contribution < 1.29 is 5.11 Å². The van der Waals surface area contributed by atoms with Crippen molar-refractivity contribution in [1.82, 2.24) is 15.5 Å². The maximum atomic E-state index is 9.25. The lowest BCUT2D eigenvalue weighted by molar-refractivity contribution is 0.198. The smallest absolute Gasteiger partial charge is 0.191 e. The van der Waals surface area contributed by atoms with Crippen LogP contribution < -0.4 is 10.6 Å². The van der Waals surface area contributed by atoms with Crippen LogP contribution >= 0.6 is 47.2 Å². The van der Waals surface area contributed by atoms with E-state index in [1.165, 1.54) is 5.56 Å². The van der Waals surface area contributed by atoms with Crippen LogP contribution in [0.15, 0.2) is 23.2 Å². The van der Waals surface area contributed by atoms with E-state index in [4.69, 9.17) is 28.2 Å². The number of hydrogen-bond acceptors (Lipinski definition) is 3. The molecule has 0 radical (unpaired) electrons. The fourth-order valence-corrected chi connectivity index (χ4v) is 4.10. The third-order valence-electron chi connectivity index (χ3n) is 5.40. The van der Waals surface area contributed by atoms with E-state index in [1.807, 2.05) is 18.2 Å². The van der Waals surface area contributed by atoms with Crippen LogP contribution in [-0.4, -0.2) is 54.8 Å². The number of benzene rings is 1. The highest BCUT2D eigenvalue weighted by Crippen LogP contribution is 2.24. The van der Waals surface area contributed by atoms with Gasteiger partial charge in [-0.25, -0.2) is 0 Å². The number of guanidine groups is 1. The molecule has 0 saturated carbocycles. The van der Waals surface area contributed by atoms with Crippen molar-refractivity contribution in [3.05, 3.63) is 33.8 Å². The van der Waals surface area contributed by atoms with Crippen molar-refractivity contribution in [2.45, 2.75) is 58.5 Å². The molecule has 0 aromatic heterocycles. The molecule has 1 heterocycles. The van der Waals surface area contributed by atoms with E-state index in [-0.39, 0.29) is 30.6 Å². The summed E-state index contributed by atoms with van der Waals surface area (Å²) in [6.45, 7) is 9.11. The maximum Gasteiger partial charge on any atom is 0.191 e. The van der Waals surface area contributed by atoms with Gasteiger partial charge in [0.15, 0.2) is 5.96 Å². The molecule has 1 aliphatic rings. The summed E-state index contributed by atoms with van der Waals surface area (Å²) in [5.41, 5.74) is 1.20. The minimum absolute atomic E-state index is 0. The summed E-state index contributed by atoms with van der Waals surface area (Å²) in [6, 6.07) is 6.31. The molecule has 1 aromatic carbocycles. The van der Waals surface area contributed by atoms with E-state index in [1.54, 1.807) is 0 Å². The standard InChI is InChI=1S/C22H36Cl2N4O.HI/c1-3-5-17(10-13-29)15-26-22(25-4-2)27-19-8-11-28(12-9-19)16-18-6-7-20(23)21(24)14-18;/h6-7,14,17,19,29H,3-5,8-13,15-16H2,1-2H3,(H2,25,26,27);1H. The molecule has 8 heteroatoms. The lowest BCUT2D eigenvalue weighted by atomic mass is 10.0. The molecule has 5 nitrogen and oxygen atoms in total. The van der Waals surface area contributed by atoms with Gasteiger partial charge in [0.1, 0.15) is 0 Å². The Morgan fingerprint density at radius 2 is 1.93 bits per heavy atom. The number of nitrogens with zero attached hydrogens (tertiary/aromatic N) is 2. The molecule has 0 amide bonds. The molecule has 3 N–H and O–H groups in total. The zero-order chi connectivity index (χ0) is 21.1. The Kier molecular flexibility index (Phi) is 14.3. The molecular formula is C22H37Cl2IN4O. The van der Waals surface area contributed by atoms with Crippen molar-refractivity contribution in [3.8, 4) is 0 Å². The van der Waals surface area contributed by atoms with Gasteiger partial charge in [0.2, 0.25) is 0 Å². The number of likely N-dealkylation sites (tertiary alicyclic amines) is 1. The molecule has 30 heavy (non-hydrogen) atoms. The third-order valence-corrected chi connectivity index (χ3v) is 6.14. The van der Waals surface area contributed by atoms with Gasteiger partial charge in [0, 0.05) is 45.4 Å². The van der Waals surface area contributed by atoms with Crippen LogP contribution in [-0.2, 0) is 6.54 Å². The van der Waals surface area contributed by atoms with Gasteiger partial charge in [-0.1, -0.05) is 42.6 Å². The minimum Gasteiger partial charge on any atom is -0.396 e. The first kappa shape index (κ1) is 27.8. The topological polar surface area (TPSA) is 59.9 Å². The van der Waals surface area contributed by atoms with Crippen LogP contribution in [0.3, 0.4) is 0 Å². The van der Waals surface area contributed by atoms with Crippen molar-refractivity contribution in [1.29, 1.82) is 0 Å². The van der Waals surface area contributed by atoms with Crippen LogP contribution in [0, 0.1) is 5.92 Å². The molecule has 0 spiro atoms. The Hall–Kier alpha value is -0.280. The molecule has 0 aliphatic carbocycles. The highest BCUT2D eigenvalue weighted by atomic mass is 127. The minimum atomic E-state index is 0. The molecule has 2 rings (SSSR count). The normalized spacial score (nSPS) is 16.8. The summed E-state index contributed by atoms with van der Waals surface area (Å²) >= 11 is 12.2. The van der Waals surface area contributed by atoms with Crippen LogP contribution in [0.25, 0.3) is 0 Å². The molecular weight excluding hydrogens is 534 g/mol. The summed E-state index contributed by atoms with van der Waals surface area (Å²) in [5, 5.41) is 17.5. The fourth-order valence-electron chi connectivity index (χ4n) is 3.78. The van der Waals surface area contributed by atoms with E-state index >= 15 is 0 Å². The zero-order valence-electron chi connectivity index (χ0n) is 18.2. The molecule has 1 atom stereocenters. The lowest BCUT2D eigenvalue weighted by Crippen LogP contribution is -2.48. The Morgan fingerprint density at radius 1 is 1.20 bits per heavy atom. The van der Waals surface area contributed by atoms with Gasteiger partial charge in [0.25, 0.3) is 0 Å². The van der Waals surface area contributed by atoms with E-state index in [2.05, 4.69) is 29.4 Å². The van der Waals surface area contributed by atoms with Crippen molar-refractivity contribution in [2.24, 2.45) is 10.9 Å². The SMILES string of the molecule is CCCC(CCO)CN=C(NCC)NC1CCN(Cc2ccc(Cl)c(Cl)c2)CC1.I. The van der Waals surface area contributed by atoms with Crippen molar-refractivity contribution >= 4 is 53.1 Å². The van der Waals surface area contributed by atoms with Crippen LogP contribution in [0.2, 0.25) is 10.0 Å². The average Bonchev–Trinajstić information content (AvgIpc) is 2.71. The zero-order valence-corrected chi connectivity index (χ0v) is 22.0. The van der Waals surface area contributed by atoms with Gasteiger partial charge >= 0.3 is 0 Å². The first-order valence-corrected chi connectivity index (χ1v) is 11.6. The van der Waals surface area contributed by atoms with Gasteiger partial charge in [0.05, 0.1) is 10.0 Å². The predicted molar refractivity (Wildman–Crippen MR) is 139 cm³/mol. The molecule has 1 aliphatic heterocycles. The lowest BCUT2D eigenvalue weighted by Gasteiger charge is -2.33. The summed E-state index contributed by atoms with van der Waals surface area (Å²) in [4.78, 5) is 7.25. The second-order valence-corrected chi connectivity index (χ2v) is 8.64. The van der Waals surface area contributed by atoms with Crippen molar-refractivity contribution in [2.75, 3.05) is 32.8 Å². The highest BCUT2D eigenvalue weighted by molar-refractivity contribution is 14.0. The largest absolute Gasteiger partial charge is 0.396 e. The number of halogens is 3. The quantitative estimate of drug-likeness (QED) is 0.212. The Balaban J connectivity index is 0.00000450. The summed E-state index contributed by atoms with van der Waals surface area (Å²) < 4.78 is 0. The van der Waals surface area contributed by atoms with Crippen LogP contribution in [0.5, 0.6) is 0 Å². The Bertz CT molecular complexity index is 634. The second kappa shape index (κ2) is 15.5. The number of piperidine rings is 1. The van der Waals surface area contributed by atoms with Crippen LogP contribution in [0.1, 0.15) is 51.5 Å². The molecule has 1 aromatic rings. The number of rotatable bonds is 10. The molecule has 1 unspecified atom stereocenters. The van der Waals surface area contributed by atoms with Gasteiger partial charge in [-0.15, -0.1) is 24.0 Å². The maximum absolute atomic E-state index is 9.25. The van der Waals surface area contributed by atoms with E-state index < -0.39 is 0 Å². The summed E-state index contributed by atoms with van der Waals surface area (Å²) in [5.74, 6) is 1.35. The monoisotopic (exact) mass is 570 g/mol. The van der Waals surface area contributed by atoms with E-state index in [0.717, 1.165) is 70.8 Å². The molecule has 172 valence electrons. The Morgan fingerprint density at radius 3 is 2.53 bits per heavy atom. The Labute approximate surface area is 209 Å². The van der Waals surface area contributed by atoms with E-state index in [0.29, 0.717) is 22.0 Å². The number of nitrogens with one attached hydrogen (secondary N) is 2. The highest BCUT2D eigenvalue weighted by Gasteiger charge is 2.20. The molecule has 0 bridgehead atoms. The number of aliphatic imine (C=N–C) groups is 1. The first-order chi connectivity index (χ1) is 14.0. The first-order valence-electron chi connectivity index (χ1n) is 10.9. The van der Waals surface area contributed by atoms with Gasteiger partial charge < -0.3 is 15.7 Å².